The van der Waals surface area contributed by atoms with Crippen LogP contribution < -0.4 is 10.6 Å². The molecule has 2 unspecified atom stereocenters. The Morgan fingerprint density at radius 1 is 1.11 bits per heavy atom. The van der Waals surface area contributed by atoms with Crippen LogP contribution in [-0.4, -0.2) is 57.6 Å². The molecule has 2 atom stereocenters. The van der Waals surface area contributed by atoms with E-state index in [2.05, 4.69) is 20.6 Å². The van der Waals surface area contributed by atoms with Gasteiger partial charge in [-0.3, -0.25) is 9.78 Å². The number of hydrogen-bond acceptors (Lipinski definition) is 7. The van der Waals surface area contributed by atoms with Crippen molar-refractivity contribution in [1.82, 2.24) is 19.6 Å². The van der Waals surface area contributed by atoms with Crippen molar-refractivity contribution in [3.63, 3.8) is 0 Å². The number of aliphatic hydroxyl groups excluding tert-OH is 1. The third-order valence-corrected chi connectivity index (χ3v) is 6.68. The number of carbonyl (C=O) groups is 1. The van der Waals surface area contributed by atoms with Crippen LogP contribution >= 0.6 is 11.9 Å². The van der Waals surface area contributed by atoms with E-state index in [4.69, 9.17) is 0 Å². The van der Waals surface area contributed by atoms with Crippen LogP contribution in [0.4, 0.5) is 19.0 Å². The first-order chi connectivity index (χ1) is 16.7. The summed E-state index contributed by atoms with van der Waals surface area (Å²) in [5.74, 6) is 0.0546. The smallest absolute Gasteiger partial charge is 0.390 e. The van der Waals surface area contributed by atoms with Gasteiger partial charge in [0.2, 0.25) is 0 Å². The van der Waals surface area contributed by atoms with E-state index in [1.165, 1.54) is 18.0 Å². The Hall–Kier alpha value is -3.15. The summed E-state index contributed by atoms with van der Waals surface area (Å²) in [5, 5.41) is 16.2. The second-order valence-electron chi connectivity index (χ2n) is 8.05. The summed E-state index contributed by atoms with van der Waals surface area (Å²) in [4.78, 5) is 20.7. The lowest BCUT2D eigenvalue weighted by Crippen LogP contribution is -2.47. The highest BCUT2D eigenvalue weighted by Gasteiger charge is 2.31. The Labute approximate surface area is 204 Å². The Kier molecular flexibility index (Phi) is 7.58. The van der Waals surface area contributed by atoms with Crippen LogP contribution in [0.2, 0.25) is 0 Å². The van der Waals surface area contributed by atoms with E-state index in [1.807, 2.05) is 34.6 Å². The molecule has 184 valence electrons. The first kappa shape index (κ1) is 25.0. The van der Waals surface area contributed by atoms with Crippen LogP contribution in [0.15, 0.2) is 65.8 Å². The van der Waals surface area contributed by atoms with Crippen molar-refractivity contribution in [2.45, 2.75) is 29.6 Å². The summed E-state index contributed by atoms with van der Waals surface area (Å²) in [7, 11) is 1.56. The number of halogens is 3. The monoisotopic (exact) mass is 503 g/mol. The highest BCUT2D eigenvalue weighted by atomic mass is 32.2. The summed E-state index contributed by atoms with van der Waals surface area (Å²) in [6.07, 6.45) is -2.15. The van der Waals surface area contributed by atoms with Crippen molar-refractivity contribution in [2.75, 3.05) is 25.5 Å². The standard InChI is InChI=1S/C24H24F3N5O2S/c1-28-23(34)20-12-16(8-10-29-20)15-2-5-18(6-3-15)35-32-11-9-19(21(33)14-32)31-22-7-4-17(13-30-22)24(25,26)27/h2-8,10,12-13,19,21,33H,9,11,14H2,1H3,(H,28,34)(H,30,31). The van der Waals surface area contributed by atoms with E-state index in [0.717, 1.165) is 28.3 Å². The number of benzene rings is 1. The van der Waals surface area contributed by atoms with Gasteiger partial charge in [-0.25, -0.2) is 9.29 Å². The van der Waals surface area contributed by atoms with Crippen molar-refractivity contribution < 1.29 is 23.1 Å². The van der Waals surface area contributed by atoms with Crippen LogP contribution in [0.1, 0.15) is 22.5 Å². The number of aromatic nitrogens is 2. The minimum Gasteiger partial charge on any atom is -0.390 e. The zero-order valence-electron chi connectivity index (χ0n) is 18.8. The largest absolute Gasteiger partial charge is 0.417 e. The highest BCUT2D eigenvalue weighted by molar-refractivity contribution is 7.97. The van der Waals surface area contributed by atoms with Crippen molar-refractivity contribution in [3.8, 4) is 11.1 Å². The Balaban J connectivity index is 1.32. The number of amides is 1. The van der Waals surface area contributed by atoms with E-state index in [1.54, 1.807) is 19.3 Å². The predicted octanol–water partition coefficient (Wildman–Crippen LogP) is 4.08. The molecule has 1 aromatic carbocycles. The van der Waals surface area contributed by atoms with E-state index >= 15 is 0 Å². The molecule has 4 rings (SSSR count). The Morgan fingerprint density at radius 3 is 2.51 bits per heavy atom. The van der Waals surface area contributed by atoms with Gasteiger partial charge in [0.15, 0.2) is 0 Å². The molecular weight excluding hydrogens is 479 g/mol. The first-order valence-electron chi connectivity index (χ1n) is 10.9. The van der Waals surface area contributed by atoms with Gasteiger partial charge in [0.25, 0.3) is 5.91 Å². The Morgan fingerprint density at radius 2 is 1.89 bits per heavy atom. The molecule has 3 aromatic rings. The summed E-state index contributed by atoms with van der Waals surface area (Å²) < 4.78 is 40.2. The molecule has 11 heteroatoms. The van der Waals surface area contributed by atoms with E-state index in [9.17, 15) is 23.1 Å². The molecule has 3 N–H and O–H groups in total. The average Bonchev–Trinajstić information content (AvgIpc) is 2.85. The number of hydrogen-bond donors (Lipinski definition) is 3. The number of anilines is 1. The molecule has 1 amide bonds. The third-order valence-electron chi connectivity index (χ3n) is 5.61. The number of β-amino-alcohol motifs (C(OH)–C–C–N with tert-alkyl or cyclic N) is 1. The van der Waals surface area contributed by atoms with Gasteiger partial charge >= 0.3 is 6.18 Å². The summed E-state index contributed by atoms with van der Waals surface area (Å²) in [6.45, 7) is 1.08. The minimum atomic E-state index is -4.43. The molecule has 1 aliphatic rings. The number of aliphatic hydroxyl groups is 1. The number of pyridine rings is 2. The van der Waals surface area contributed by atoms with Crippen molar-refractivity contribution >= 4 is 23.7 Å². The van der Waals surface area contributed by atoms with Gasteiger partial charge < -0.3 is 15.7 Å². The average molecular weight is 504 g/mol. The summed E-state index contributed by atoms with van der Waals surface area (Å²) >= 11 is 1.53. The molecule has 0 bridgehead atoms. The van der Waals surface area contributed by atoms with Gasteiger partial charge in [0, 0.05) is 37.4 Å². The molecule has 1 saturated heterocycles. The van der Waals surface area contributed by atoms with Crippen molar-refractivity contribution in [2.24, 2.45) is 0 Å². The number of carbonyl (C=O) groups excluding carboxylic acids is 1. The topological polar surface area (TPSA) is 90.4 Å². The SMILES string of the molecule is CNC(=O)c1cc(-c2ccc(SN3CCC(Nc4ccc(C(F)(F)F)cn4)C(O)C3)cc2)ccn1. The maximum atomic E-state index is 12.7. The lowest BCUT2D eigenvalue weighted by atomic mass is 10.0. The van der Waals surface area contributed by atoms with Crippen LogP contribution in [-0.2, 0) is 6.18 Å². The van der Waals surface area contributed by atoms with Gasteiger partial charge in [-0.05, 0) is 65.9 Å². The van der Waals surface area contributed by atoms with Crippen LogP contribution in [0.25, 0.3) is 11.1 Å². The fourth-order valence-corrected chi connectivity index (χ4v) is 4.69. The first-order valence-corrected chi connectivity index (χ1v) is 11.7. The molecule has 0 spiro atoms. The molecule has 0 saturated carbocycles. The number of rotatable bonds is 6. The van der Waals surface area contributed by atoms with E-state index < -0.39 is 17.8 Å². The zero-order chi connectivity index (χ0) is 25.0. The summed E-state index contributed by atoms with van der Waals surface area (Å²) in [5.41, 5.74) is 1.38. The number of alkyl halides is 3. The second kappa shape index (κ2) is 10.6. The van der Waals surface area contributed by atoms with Crippen LogP contribution in [0.3, 0.4) is 0 Å². The second-order valence-corrected chi connectivity index (χ2v) is 9.22. The van der Waals surface area contributed by atoms with Gasteiger partial charge in [-0.15, -0.1) is 0 Å². The fourth-order valence-electron chi connectivity index (χ4n) is 3.71. The fraction of sp³-hybridized carbons (Fsp3) is 0.292. The maximum absolute atomic E-state index is 12.7. The van der Waals surface area contributed by atoms with Crippen LogP contribution in [0, 0.1) is 0 Å². The number of piperidine rings is 1. The van der Waals surface area contributed by atoms with E-state index in [-0.39, 0.29) is 11.9 Å². The number of nitrogens with zero attached hydrogens (tertiary/aromatic N) is 3. The van der Waals surface area contributed by atoms with Gasteiger partial charge in [0.1, 0.15) is 11.5 Å². The molecule has 1 fully saturated rings. The summed E-state index contributed by atoms with van der Waals surface area (Å²) in [6, 6.07) is 13.4. The molecule has 7 nitrogen and oxygen atoms in total. The van der Waals surface area contributed by atoms with Gasteiger partial charge in [0.05, 0.1) is 17.7 Å². The quantitative estimate of drug-likeness (QED) is 0.437. The van der Waals surface area contributed by atoms with Gasteiger partial charge in [-0.2, -0.15) is 13.2 Å². The third kappa shape index (κ3) is 6.30. The lowest BCUT2D eigenvalue weighted by Gasteiger charge is -2.35. The Bertz CT molecular complexity index is 1160. The normalized spacial score (nSPS) is 18.8. The van der Waals surface area contributed by atoms with Crippen molar-refractivity contribution in [3.05, 3.63) is 72.2 Å². The maximum Gasteiger partial charge on any atom is 0.417 e. The van der Waals surface area contributed by atoms with Gasteiger partial charge in [-0.1, -0.05) is 12.1 Å². The van der Waals surface area contributed by atoms with E-state index in [0.29, 0.717) is 31.0 Å². The zero-order valence-corrected chi connectivity index (χ0v) is 19.6. The highest BCUT2D eigenvalue weighted by Crippen LogP contribution is 2.31. The molecule has 2 aromatic heterocycles. The molecule has 1 aliphatic heterocycles. The molecule has 3 heterocycles. The predicted molar refractivity (Wildman–Crippen MR) is 128 cm³/mol. The molecular formula is C24H24F3N5O2S. The molecule has 0 aliphatic carbocycles. The molecule has 35 heavy (non-hydrogen) atoms. The van der Waals surface area contributed by atoms with Crippen LogP contribution in [0.5, 0.6) is 0 Å². The minimum absolute atomic E-state index is 0.246. The number of nitrogens with one attached hydrogen (secondary N) is 2. The lowest BCUT2D eigenvalue weighted by molar-refractivity contribution is -0.137. The van der Waals surface area contributed by atoms with Crippen molar-refractivity contribution in [1.29, 1.82) is 0 Å². The molecule has 0 radical (unpaired) electrons.